The lowest BCUT2D eigenvalue weighted by Crippen LogP contribution is -2.28. The lowest BCUT2D eigenvalue weighted by molar-refractivity contribution is -0.140. The Hall–Kier alpha value is -1.02. The molecule has 1 N–H and O–H groups in total. The molecule has 0 unspecified atom stereocenters. The first-order chi connectivity index (χ1) is 9.92. The molecule has 0 bridgehead atoms. The molecule has 2 rings (SSSR count). The highest BCUT2D eigenvalue weighted by Gasteiger charge is 2.34. The maximum Gasteiger partial charge on any atom is 0.303 e. The van der Waals surface area contributed by atoms with E-state index in [4.69, 9.17) is 11.6 Å². The predicted octanol–water partition coefficient (Wildman–Crippen LogP) is 5.31. The van der Waals surface area contributed by atoms with Gasteiger partial charge in [-0.25, -0.2) is 0 Å². The second-order valence-electron chi connectivity index (χ2n) is 6.66. The Labute approximate surface area is 132 Å². The van der Waals surface area contributed by atoms with Crippen molar-refractivity contribution in [2.24, 2.45) is 5.41 Å². The standard InChI is InChI=1S/C18H25ClO2/c1-13-10-15(16(19)11-14(13)2)6-9-18(12-17(20)21)7-4-3-5-8-18/h10-11H,3-9,12H2,1-2H3,(H,20,21). The molecule has 0 aliphatic heterocycles. The fourth-order valence-electron chi connectivity index (χ4n) is 3.57. The number of aryl methyl sites for hydroxylation is 3. The first-order valence-electron chi connectivity index (χ1n) is 7.89. The molecule has 1 aromatic rings. The van der Waals surface area contributed by atoms with E-state index in [1.807, 2.05) is 6.07 Å². The highest BCUT2D eigenvalue weighted by molar-refractivity contribution is 6.31. The Morgan fingerprint density at radius 3 is 2.43 bits per heavy atom. The van der Waals surface area contributed by atoms with Crippen molar-refractivity contribution in [3.8, 4) is 0 Å². The van der Waals surface area contributed by atoms with Crippen molar-refractivity contribution in [2.45, 2.75) is 65.2 Å². The maximum absolute atomic E-state index is 11.2. The van der Waals surface area contributed by atoms with E-state index in [1.165, 1.54) is 17.5 Å². The van der Waals surface area contributed by atoms with E-state index in [0.29, 0.717) is 6.42 Å². The van der Waals surface area contributed by atoms with Gasteiger partial charge in [-0.3, -0.25) is 4.79 Å². The van der Waals surface area contributed by atoms with Crippen LogP contribution in [0.15, 0.2) is 12.1 Å². The molecule has 1 aliphatic rings. The van der Waals surface area contributed by atoms with Crippen LogP contribution >= 0.6 is 11.6 Å². The third-order valence-electron chi connectivity index (χ3n) is 5.03. The summed E-state index contributed by atoms with van der Waals surface area (Å²) in [5.74, 6) is -0.664. The van der Waals surface area contributed by atoms with Crippen molar-refractivity contribution in [3.63, 3.8) is 0 Å². The summed E-state index contributed by atoms with van der Waals surface area (Å²) in [6, 6.07) is 4.19. The number of aliphatic carboxylic acids is 1. The molecule has 0 saturated heterocycles. The Morgan fingerprint density at radius 1 is 1.19 bits per heavy atom. The number of rotatable bonds is 5. The van der Waals surface area contributed by atoms with Crippen LogP contribution in [0, 0.1) is 19.3 Å². The Morgan fingerprint density at radius 2 is 1.81 bits per heavy atom. The molecular formula is C18H25ClO2. The van der Waals surface area contributed by atoms with Crippen LogP contribution in [0.2, 0.25) is 5.02 Å². The van der Waals surface area contributed by atoms with E-state index in [9.17, 15) is 9.90 Å². The van der Waals surface area contributed by atoms with Crippen molar-refractivity contribution < 1.29 is 9.90 Å². The van der Waals surface area contributed by atoms with Gasteiger partial charge in [0.2, 0.25) is 0 Å². The predicted molar refractivity (Wildman–Crippen MR) is 87.0 cm³/mol. The fourth-order valence-corrected chi connectivity index (χ4v) is 3.88. The smallest absolute Gasteiger partial charge is 0.303 e. The van der Waals surface area contributed by atoms with Crippen LogP contribution in [0.1, 0.15) is 61.6 Å². The van der Waals surface area contributed by atoms with Crippen molar-refractivity contribution in [1.29, 1.82) is 0 Å². The molecule has 0 aromatic heterocycles. The van der Waals surface area contributed by atoms with E-state index in [-0.39, 0.29) is 5.41 Å². The zero-order valence-electron chi connectivity index (χ0n) is 13.0. The number of benzene rings is 1. The molecule has 1 aliphatic carbocycles. The summed E-state index contributed by atoms with van der Waals surface area (Å²) in [6.07, 6.45) is 7.77. The summed E-state index contributed by atoms with van der Waals surface area (Å²) < 4.78 is 0. The molecule has 1 saturated carbocycles. The van der Waals surface area contributed by atoms with Crippen LogP contribution in [-0.2, 0) is 11.2 Å². The molecule has 2 nitrogen and oxygen atoms in total. The molecule has 3 heteroatoms. The van der Waals surface area contributed by atoms with Gasteiger partial charge in [-0.15, -0.1) is 0 Å². The minimum atomic E-state index is -0.664. The molecule has 116 valence electrons. The van der Waals surface area contributed by atoms with Gasteiger partial charge in [0.1, 0.15) is 0 Å². The Bertz CT molecular complexity index is 516. The number of hydrogen-bond acceptors (Lipinski definition) is 1. The second kappa shape index (κ2) is 6.83. The highest BCUT2D eigenvalue weighted by atomic mass is 35.5. The largest absolute Gasteiger partial charge is 0.481 e. The van der Waals surface area contributed by atoms with Crippen LogP contribution in [0.5, 0.6) is 0 Å². The Balaban J connectivity index is 2.11. The van der Waals surface area contributed by atoms with Gasteiger partial charge >= 0.3 is 5.97 Å². The minimum Gasteiger partial charge on any atom is -0.481 e. The zero-order valence-corrected chi connectivity index (χ0v) is 13.8. The monoisotopic (exact) mass is 308 g/mol. The maximum atomic E-state index is 11.2. The first-order valence-corrected chi connectivity index (χ1v) is 8.27. The van der Waals surface area contributed by atoms with Gasteiger partial charge < -0.3 is 5.11 Å². The molecule has 1 fully saturated rings. The molecule has 0 radical (unpaired) electrons. The quantitative estimate of drug-likeness (QED) is 0.800. The van der Waals surface area contributed by atoms with Crippen LogP contribution in [0.4, 0.5) is 0 Å². The van der Waals surface area contributed by atoms with E-state index in [0.717, 1.165) is 49.1 Å². The van der Waals surface area contributed by atoms with Crippen LogP contribution < -0.4 is 0 Å². The first kappa shape index (κ1) is 16.4. The second-order valence-corrected chi connectivity index (χ2v) is 7.07. The summed E-state index contributed by atoms with van der Waals surface area (Å²) in [6.45, 7) is 4.17. The van der Waals surface area contributed by atoms with E-state index >= 15 is 0 Å². The lowest BCUT2D eigenvalue weighted by atomic mass is 9.68. The topological polar surface area (TPSA) is 37.3 Å². The van der Waals surface area contributed by atoms with E-state index in [2.05, 4.69) is 19.9 Å². The molecule has 0 atom stereocenters. The van der Waals surface area contributed by atoms with Gasteiger partial charge in [-0.2, -0.15) is 0 Å². The zero-order chi connectivity index (χ0) is 15.5. The summed E-state index contributed by atoms with van der Waals surface area (Å²) >= 11 is 6.35. The SMILES string of the molecule is Cc1cc(Cl)c(CCC2(CC(=O)O)CCCCC2)cc1C. The van der Waals surface area contributed by atoms with Gasteiger partial charge in [0, 0.05) is 5.02 Å². The van der Waals surface area contributed by atoms with Gasteiger partial charge in [0.05, 0.1) is 6.42 Å². The molecule has 0 heterocycles. The average Bonchev–Trinajstić information content (AvgIpc) is 2.42. The fraction of sp³-hybridized carbons (Fsp3) is 0.611. The van der Waals surface area contributed by atoms with Crippen molar-refractivity contribution >= 4 is 17.6 Å². The highest BCUT2D eigenvalue weighted by Crippen LogP contribution is 2.43. The summed E-state index contributed by atoms with van der Waals surface area (Å²) in [7, 11) is 0. The number of carboxylic acids is 1. The molecule has 0 spiro atoms. The molecule has 0 amide bonds. The number of hydrogen-bond donors (Lipinski definition) is 1. The van der Waals surface area contributed by atoms with Crippen molar-refractivity contribution in [3.05, 3.63) is 33.8 Å². The molecule has 1 aromatic carbocycles. The van der Waals surface area contributed by atoms with Gasteiger partial charge in [-0.1, -0.05) is 36.9 Å². The van der Waals surface area contributed by atoms with E-state index in [1.54, 1.807) is 0 Å². The average molecular weight is 309 g/mol. The van der Waals surface area contributed by atoms with Gasteiger partial charge in [0.15, 0.2) is 0 Å². The molecule has 21 heavy (non-hydrogen) atoms. The number of halogens is 1. The third kappa shape index (κ3) is 4.23. The molecular weight excluding hydrogens is 284 g/mol. The van der Waals surface area contributed by atoms with Gasteiger partial charge in [-0.05, 0) is 67.7 Å². The van der Waals surface area contributed by atoms with E-state index < -0.39 is 5.97 Å². The number of carbonyl (C=O) groups is 1. The summed E-state index contributed by atoms with van der Waals surface area (Å²) in [5.41, 5.74) is 3.61. The lowest BCUT2D eigenvalue weighted by Gasteiger charge is -2.36. The number of carboxylic acid groups (broad SMARTS) is 1. The Kier molecular flexibility index (Phi) is 5.32. The van der Waals surface area contributed by atoms with Crippen LogP contribution in [0.25, 0.3) is 0 Å². The van der Waals surface area contributed by atoms with Crippen LogP contribution in [-0.4, -0.2) is 11.1 Å². The van der Waals surface area contributed by atoms with Crippen LogP contribution in [0.3, 0.4) is 0 Å². The minimum absolute atomic E-state index is 0.0216. The summed E-state index contributed by atoms with van der Waals surface area (Å²) in [5, 5.41) is 10.1. The van der Waals surface area contributed by atoms with Crippen molar-refractivity contribution in [1.82, 2.24) is 0 Å². The normalized spacial score (nSPS) is 17.7. The summed E-state index contributed by atoms with van der Waals surface area (Å²) in [4.78, 5) is 11.2. The van der Waals surface area contributed by atoms with Gasteiger partial charge in [0.25, 0.3) is 0 Å². The third-order valence-corrected chi connectivity index (χ3v) is 5.38. The van der Waals surface area contributed by atoms with Crippen molar-refractivity contribution in [2.75, 3.05) is 0 Å².